The van der Waals surface area contributed by atoms with Crippen molar-refractivity contribution >= 4 is 21.4 Å². The highest BCUT2D eigenvalue weighted by molar-refractivity contribution is 7.90. The zero-order valence-corrected chi connectivity index (χ0v) is 15.5. The number of sulfone groups is 1. The van der Waals surface area contributed by atoms with Crippen molar-refractivity contribution in [3.05, 3.63) is 24.3 Å². The molecule has 140 valence electrons. The van der Waals surface area contributed by atoms with E-state index < -0.39 is 15.3 Å². The first-order valence-electron chi connectivity index (χ1n) is 8.26. The van der Waals surface area contributed by atoms with E-state index in [1.54, 1.807) is 31.4 Å². The van der Waals surface area contributed by atoms with Gasteiger partial charge in [0.05, 0.1) is 17.8 Å². The second-order valence-electron chi connectivity index (χ2n) is 6.42. The molecule has 1 aromatic rings. The Morgan fingerprint density at radius 1 is 1.32 bits per heavy atom. The number of piperidine rings is 1. The first kappa shape index (κ1) is 19.7. The number of benzene rings is 1. The van der Waals surface area contributed by atoms with E-state index in [1.807, 2.05) is 0 Å². The smallest absolute Gasteiger partial charge is 0.233 e. The van der Waals surface area contributed by atoms with Crippen LogP contribution in [0.2, 0.25) is 0 Å². The number of carbonyl (C=O) groups excluding carboxylic acids is 1. The summed E-state index contributed by atoms with van der Waals surface area (Å²) in [6, 6.07) is 6.97. The Bertz CT molecular complexity index is 679. The number of hydrogen-bond acceptors (Lipinski definition) is 6. The van der Waals surface area contributed by atoms with E-state index in [2.05, 4.69) is 10.6 Å². The van der Waals surface area contributed by atoms with Gasteiger partial charge in [-0.3, -0.25) is 4.79 Å². The molecule has 0 atom stereocenters. The molecule has 7 nitrogen and oxygen atoms in total. The third kappa shape index (κ3) is 5.98. The van der Waals surface area contributed by atoms with Crippen molar-refractivity contribution in [2.75, 3.05) is 50.7 Å². The molecule has 1 aromatic carbocycles. The van der Waals surface area contributed by atoms with Crippen LogP contribution in [0.3, 0.4) is 0 Å². The zero-order chi connectivity index (χ0) is 18.3. The molecular formula is C17H26N2O5S. The topological polar surface area (TPSA) is 93.7 Å². The van der Waals surface area contributed by atoms with E-state index in [9.17, 15) is 13.2 Å². The Balaban J connectivity index is 2.01. The van der Waals surface area contributed by atoms with Gasteiger partial charge in [0.25, 0.3) is 0 Å². The molecule has 2 rings (SSSR count). The Morgan fingerprint density at radius 2 is 2.04 bits per heavy atom. The minimum atomic E-state index is -3.07. The predicted octanol–water partition coefficient (Wildman–Crippen LogP) is 1.06. The highest BCUT2D eigenvalue weighted by Gasteiger charge is 2.39. The van der Waals surface area contributed by atoms with Crippen LogP contribution in [0.5, 0.6) is 5.75 Å². The summed E-state index contributed by atoms with van der Waals surface area (Å²) in [5.74, 6) is 0.407. The van der Waals surface area contributed by atoms with E-state index in [0.29, 0.717) is 18.0 Å². The average molecular weight is 370 g/mol. The minimum absolute atomic E-state index is 0.0481. The summed E-state index contributed by atoms with van der Waals surface area (Å²) in [5, 5.41) is 6.20. The summed E-state index contributed by atoms with van der Waals surface area (Å²) in [5.41, 5.74) is 0.0866. The summed E-state index contributed by atoms with van der Waals surface area (Å²) in [4.78, 5) is 12.8. The van der Waals surface area contributed by atoms with Crippen LogP contribution in [-0.2, 0) is 19.4 Å². The van der Waals surface area contributed by atoms with Crippen LogP contribution in [0.4, 0.5) is 5.69 Å². The Labute approximate surface area is 149 Å². The van der Waals surface area contributed by atoms with E-state index in [-0.39, 0.29) is 18.3 Å². The van der Waals surface area contributed by atoms with Crippen molar-refractivity contribution in [3.63, 3.8) is 0 Å². The van der Waals surface area contributed by atoms with Gasteiger partial charge < -0.3 is 20.1 Å². The Kier molecular flexibility index (Phi) is 6.80. The van der Waals surface area contributed by atoms with Crippen LogP contribution in [-0.4, -0.2) is 59.7 Å². The van der Waals surface area contributed by atoms with Gasteiger partial charge in [-0.15, -0.1) is 0 Å². The number of hydrogen-bond donors (Lipinski definition) is 2. The predicted molar refractivity (Wildman–Crippen MR) is 96.7 cm³/mol. The molecule has 1 heterocycles. The maximum absolute atomic E-state index is 12.8. The molecule has 2 N–H and O–H groups in total. The minimum Gasteiger partial charge on any atom is -0.492 e. The highest BCUT2D eigenvalue weighted by atomic mass is 32.2. The van der Waals surface area contributed by atoms with Crippen molar-refractivity contribution in [3.8, 4) is 5.75 Å². The standard InChI is InChI=1S/C17H26N2O5S/c1-23-13-17(6-8-18-9-7-17)16(20)19-14-4-3-5-15(12-14)24-10-11-25(2,21)22/h3-5,12,18H,6-11,13H2,1-2H3,(H,19,20). The maximum atomic E-state index is 12.8. The first-order valence-corrected chi connectivity index (χ1v) is 10.3. The molecule has 1 amide bonds. The van der Waals surface area contributed by atoms with Gasteiger partial charge in [-0.25, -0.2) is 8.42 Å². The monoisotopic (exact) mass is 370 g/mol. The second kappa shape index (κ2) is 8.64. The van der Waals surface area contributed by atoms with Crippen molar-refractivity contribution in [2.24, 2.45) is 5.41 Å². The van der Waals surface area contributed by atoms with Gasteiger partial charge in [-0.05, 0) is 38.1 Å². The Hall–Kier alpha value is -1.64. The average Bonchev–Trinajstić information content (AvgIpc) is 2.55. The van der Waals surface area contributed by atoms with Crippen LogP contribution in [0.15, 0.2) is 24.3 Å². The quantitative estimate of drug-likeness (QED) is 0.711. The zero-order valence-electron chi connectivity index (χ0n) is 14.7. The fraction of sp³-hybridized carbons (Fsp3) is 0.588. The summed E-state index contributed by atoms with van der Waals surface area (Å²) in [7, 11) is -1.46. The first-order chi connectivity index (χ1) is 11.8. The van der Waals surface area contributed by atoms with Crippen LogP contribution in [0, 0.1) is 5.41 Å². The van der Waals surface area contributed by atoms with Gasteiger partial charge in [0.2, 0.25) is 5.91 Å². The number of ether oxygens (including phenoxy) is 2. The molecule has 0 bridgehead atoms. The molecule has 0 spiro atoms. The molecule has 1 aliphatic rings. The molecule has 25 heavy (non-hydrogen) atoms. The molecule has 0 aromatic heterocycles. The maximum Gasteiger partial charge on any atom is 0.233 e. The second-order valence-corrected chi connectivity index (χ2v) is 8.68. The van der Waals surface area contributed by atoms with Crippen molar-refractivity contribution in [1.82, 2.24) is 5.32 Å². The lowest BCUT2D eigenvalue weighted by Crippen LogP contribution is -2.47. The number of carbonyl (C=O) groups is 1. The van der Waals surface area contributed by atoms with Crippen molar-refractivity contribution in [1.29, 1.82) is 0 Å². The van der Waals surface area contributed by atoms with E-state index in [4.69, 9.17) is 9.47 Å². The number of rotatable bonds is 8. The van der Waals surface area contributed by atoms with Gasteiger partial charge >= 0.3 is 0 Å². The molecule has 0 saturated carbocycles. The Morgan fingerprint density at radius 3 is 2.68 bits per heavy atom. The summed E-state index contributed by atoms with van der Waals surface area (Å²) < 4.78 is 33.0. The third-order valence-corrected chi connectivity index (χ3v) is 5.19. The molecule has 1 aliphatic heterocycles. The number of nitrogens with one attached hydrogen (secondary N) is 2. The summed E-state index contributed by atoms with van der Waals surface area (Å²) >= 11 is 0. The van der Waals surface area contributed by atoms with Gasteiger partial charge in [-0.2, -0.15) is 0 Å². The van der Waals surface area contributed by atoms with Crippen molar-refractivity contribution < 1.29 is 22.7 Å². The van der Waals surface area contributed by atoms with Gasteiger partial charge in [-0.1, -0.05) is 6.07 Å². The van der Waals surface area contributed by atoms with Crippen molar-refractivity contribution in [2.45, 2.75) is 12.8 Å². The number of anilines is 1. The normalized spacial score (nSPS) is 17.0. The summed E-state index contributed by atoms with van der Waals surface area (Å²) in [6.45, 7) is 2.03. The number of methoxy groups -OCH3 is 1. The lowest BCUT2D eigenvalue weighted by atomic mass is 9.78. The molecule has 8 heteroatoms. The van der Waals surface area contributed by atoms with E-state index in [0.717, 1.165) is 25.9 Å². The van der Waals surface area contributed by atoms with Gasteiger partial charge in [0.15, 0.2) is 9.84 Å². The lowest BCUT2D eigenvalue weighted by Gasteiger charge is -2.35. The van der Waals surface area contributed by atoms with Gasteiger partial charge in [0.1, 0.15) is 12.4 Å². The number of amides is 1. The molecule has 0 aliphatic carbocycles. The lowest BCUT2D eigenvalue weighted by molar-refractivity contribution is -0.130. The fourth-order valence-corrected chi connectivity index (χ4v) is 3.24. The van der Waals surface area contributed by atoms with Crippen LogP contribution < -0.4 is 15.4 Å². The van der Waals surface area contributed by atoms with Crippen LogP contribution in [0.1, 0.15) is 12.8 Å². The van der Waals surface area contributed by atoms with Crippen LogP contribution >= 0.6 is 0 Å². The molecular weight excluding hydrogens is 344 g/mol. The largest absolute Gasteiger partial charge is 0.492 e. The van der Waals surface area contributed by atoms with Crippen LogP contribution in [0.25, 0.3) is 0 Å². The van der Waals surface area contributed by atoms with E-state index >= 15 is 0 Å². The fourth-order valence-electron chi connectivity index (χ4n) is 2.86. The van der Waals surface area contributed by atoms with E-state index in [1.165, 1.54) is 6.26 Å². The molecule has 1 saturated heterocycles. The van der Waals surface area contributed by atoms with Gasteiger partial charge in [0, 0.05) is 25.1 Å². The molecule has 0 radical (unpaired) electrons. The third-order valence-electron chi connectivity index (χ3n) is 4.28. The SMILES string of the molecule is COCC1(C(=O)Nc2cccc(OCCS(C)(=O)=O)c2)CCNCC1. The molecule has 1 fully saturated rings. The molecule has 0 unspecified atom stereocenters. The highest BCUT2D eigenvalue weighted by Crippen LogP contribution is 2.31. The summed E-state index contributed by atoms with van der Waals surface area (Å²) in [6.07, 6.45) is 2.61.